The summed E-state index contributed by atoms with van der Waals surface area (Å²) in [4.78, 5) is 14.5. The summed E-state index contributed by atoms with van der Waals surface area (Å²) < 4.78 is 1.01. The summed E-state index contributed by atoms with van der Waals surface area (Å²) in [6, 6.07) is 6.09. The first-order chi connectivity index (χ1) is 7.24. The molecule has 0 aliphatic rings. The van der Waals surface area contributed by atoms with E-state index in [0.29, 0.717) is 0 Å². The third-order valence-corrected chi connectivity index (χ3v) is 5.16. The van der Waals surface area contributed by atoms with Gasteiger partial charge in [0.05, 0.1) is 8.66 Å². The number of aldehydes is 1. The van der Waals surface area contributed by atoms with Crippen LogP contribution in [0.15, 0.2) is 22.0 Å². The standard InChI is InChI=1S/C11H9BrOS2/c1-2-8-3-4-9(14-8)11-7(6-13)5-10(12)15-11/h3-6H,2H2,1H3. The molecule has 0 amide bonds. The zero-order valence-corrected chi connectivity index (χ0v) is 11.3. The maximum absolute atomic E-state index is 10.9. The fourth-order valence-corrected chi connectivity index (χ4v) is 4.01. The van der Waals surface area contributed by atoms with Crippen molar-refractivity contribution in [3.05, 3.63) is 32.4 Å². The predicted octanol–water partition coefficient (Wildman–Crippen LogP) is 4.61. The monoisotopic (exact) mass is 300 g/mol. The number of carbonyl (C=O) groups is 1. The molecule has 4 heteroatoms. The lowest BCUT2D eigenvalue weighted by Gasteiger charge is -1.92. The van der Waals surface area contributed by atoms with Gasteiger partial charge in [-0.15, -0.1) is 22.7 Å². The van der Waals surface area contributed by atoms with Gasteiger partial charge in [-0.2, -0.15) is 0 Å². The lowest BCUT2D eigenvalue weighted by molar-refractivity contribution is 0.112. The number of hydrogen-bond donors (Lipinski definition) is 0. The maximum Gasteiger partial charge on any atom is 0.151 e. The molecule has 2 aromatic heterocycles. The van der Waals surface area contributed by atoms with E-state index in [4.69, 9.17) is 0 Å². The number of carbonyl (C=O) groups excluding carboxylic acids is 1. The highest BCUT2D eigenvalue weighted by atomic mass is 79.9. The number of rotatable bonds is 3. The van der Waals surface area contributed by atoms with Crippen molar-refractivity contribution in [3.8, 4) is 9.75 Å². The molecule has 0 fully saturated rings. The Kier molecular flexibility index (Phi) is 3.38. The molecular formula is C11H9BrOS2. The van der Waals surface area contributed by atoms with Crippen molar-refractivity contribution in [1.82, 2.24) is 0 Å². The van der Waals surface area contributed by atoms with Crippen LogP contribution in [-0.2, 0) is 6.42 Å². The van der Waals surface area contributed by atoms with Gasteiger partial charge < -0.3 is 0 Å². The van der Waals surface area contributed by atoms with Crippen LogP contribution in [0.4, 0.5) is 0 Å². The molecule has 0 N–H and O–H groups in total. The summed E-state index contributed by atoms with van der Waals surface area (Å²) in [7, 11) is 0. The van der Waals surface area contributed by atoms with Crippen molar-refractivity contribution in [2.75, 3.05) is 0 Å². The first-order valence-electron chi connectivity index (χ1n) is 4.58. The molecular weight excluding hydrogens is 292 g/mol. The van der Waals surface area contributed by atoms with Crippen LogP contribution in [0.3, 0.4) is 0 Å². The highest BCUT2D eigenvalue weighted by molar-refractivity contribution is 9.11. The lowest BCUT2D eigenvalue weighted by atomic mass is 10.2. The van der Waals surface area contributed by atoms with Gasteiger partial charge >= 0.3 is 0 Å². The number of aryl methyl sites for hydroxylation is 1. The second-order valence-electron chi connectivity index (χ2n) is 3.07. The summed E-state index contributed by atoms with van der Waals surface area (Å²) >= 11 is 6.78. The summed E-state index contributed by atoms with van der Waals surface area (Å²) in [5.74, 6) is 0. The van der Waals surface area contributed by atoms with E-state index in [2.05, 4.69) is 35.0 Å². The van der Waals surface area contributed by atoms with Crippen LogP contribution in [0.25, 0.3) is 9.75 Å². The van der Waals surface area contributed by atoms with E-state index in [1.807, 2.05) is 6.07 Å². The second kappa shape index (κ2) is 4.60. The van der Waals surface area contributed by atoms with Gasteiger partial charge in [-0.3, -0.25) is 4.79 Å². The van der Waals surface area contributed by atoms with E-state index in [1.165, 1.54) is 9.75 Å². The first kappa shape index (κ1) is 11.0. The Morgan fingerprint density at radius 3 is 2.80 bits per heavy atom. The molecule has 15 heavy (non-hydrogen) atoms. The van der Waals surface area contributed by atoms with E-state index in [1.54, 1.807) is 22.7 Å². The average Bonchev–Trinajstić information content (AvgIpc) is 2.82. The third kappa shape index (κ3) is 2.22. The fourth-order valence-electron chi connectivity index (χ4n) is 1.34. The van der Waals surface area contributed by atoms with E-state index in [0.717, 1.165) is 26.9 Å². The van der Waals surface area contributed by atoms with Crippen molar-refractivity contribution in [2.24, 2.45) is 0 Å². The van der Waals surface area contributed by atoms with Crippen LogP contribution >= 0.6 is 38.6 Å². The van der Waals surface area contributed by atoms with Gasteiger partial charge in [0, 0.05) is 15.3 Å². The van der Waals surface area contributed by atoms with Crippen molar-refractivity contribution in [3.63, 3.8) is 0 Å². The Bertz CT molecular complexity index is 484. The van der Waals surface area contributed by atoms with Crippen LogP contribution in [0.2, 0.25) is 0 Å². The summed E-state index contributed by atoms with van der Waals surface area (Å²) in [5, 5.41) is 0. The van der Waals surface area contributed by atoms with Crippen LogP contribution in [0.5, 0.6) is 0 Å². The van der Waals surface area contributed by atoms with Crippen molar-refractivity contribution in [2.45, 2.75) is 13.3 Å². The predicted molar refractivity (Wildman–Crippen MR) is 70.1 cm³/mol. The number of halogens is 1. The molecule has 0 aliphatic carbocycles. The van der Waals surface area contributed by atoms with Crippen LogP contribution in [-0.4, -0.2) is 6.29 Å². The zero-order chi connectivity index (χ0) is 10.8. The van der Waals surface area contributed by atoms with E-state index >= 15 is 0 Å². The van der Waals surface area contributed by atoms with Crippen molar-refractivity contribution < 1.29 is 4.79 Å². The molecule has 0 aliphatic heterocycles. The van der Waals surface area contributed by atoms with Crippen molar-refractivity contribution >= 4 is 44.9 Å². The smallest absolute Gasteiger partial charge is 0.151 e. The molecule has 0 unspecified atom stereocenters. The normalized spacial score (nSPS) is 10.5. The summed E-state index contributed by atoms with van der Waals surface area (Å²) in [5.41, 5.74) is 0.774. The first-order valence-corrected chi connectivity index (χ1v) is 7.00. The van der Waals surface area contributed by atoms with E-state index < -0.39 is 0 Å². The van der Waals surface area contributed by atoms with Gasteiger partial charge in [0.2, 0.25) is 0 Å². The van der Waals surface area contributed by atoms with Gasteiger partial charge in [-0.25, -0.2) is 0 Å². The Morgan fingerprint density at radius 2 is 2.20 bits per heavy atom. The van der Waals surface area contributed by atoms with Crippen LogP contribution in [0, 0.1) is 0 Å². The largest absolute Gasteiger partial charge is 0.298 e. The molecule has 0 spiro atoms. The summed E-state index contributed by atoms with van der Waals surface area (Å²) in [6.07, 6.45) is 1.97. The van der Waals surface area contributed by atoms with Gasteiger partial charge in [0.15, 0.2) is 6.29 Å². The van der Waals surface area contributed by atoms with Gasteiger partial charge in [0.25, 0.3) is 0 Å². The van der Waals surface area contributed by atoms with E-state index in [9.17, 15) is 4.79 Å². The minimum Gasteiger partial charge on any atom is -0.298 e. The quantitative estimate of drug-likeness (QED) is 0.756. The summed E-state index contributed by atoms with van der Waals surface area (Å²) in [6.45, 7) is 2.14. The molecule has 0 aromatic carbocycles. The Labute approximate surface area is 105 Å². The Hall–Kier alpha value is -0.450. The number of hydrogen-bond acceptors (Lipinski definition) is 3. The Balaban J connectivity index is 2.47. The highest BCUT2D eigenvalue weighted by Gasteiger charge is 2.11. The highest BCUT2D eigenvalue weighted by Crippen LogP contribution is 2.38. The third-order valence-electron chi connectivity index (χ3n) is 2.09. The van der Waals surface area contributed by atoms with Crippen LogP contribution < -0.4 is 0 Å². The molecule has 0 atom stereocenters. The minimum absolute atomic E-state index is 0.774. The van der Waals surface area contributed by atoms with Gasteiger partial charge in [-0.1, -0.05) is 6.92 Å². The van der Waals surface area contributed by atoms with Gasteiger partial charge in [-0.05, 0) is 40.5 Å². The molecule has 0 saturated carbocycles. The minimum atomic E-state index is 0.774. The average molecular weight is 301 g/mol. The zero-order valence-electron chi connectivity index (χ0n) is 8.12. The molecule has 0 radical (unpaired) electrons. The molecule has 2 heterocycles. The lowest BCUT2D eigenvalue weighted by Crippen LogP contribution is -1.75. The molecule has 0 saturated heterocycles. The molecule has 2 rings (SSSR count). The molecule has 2 aromatic rings. The molecule has 0 bridgehead atoms. The second-order valence-corrected chi connectivity index (χ2v) is 6.67. The fraction of sp³-hybridized carbons (Fsp3) is 0.182. The van der Waals surface area contributed by atoms with Crippen molar-refractivity contribution in [1.29, 1.82) is 0 Å². The maximum atomic E-state index is 10.9. The topological polar surface area (TPSA) is 17.1 Å². The SMILES string of the molecule is CCc1ccc(-c2sc(Br)cc2C=O)s1. The molecule has 1 nitrogen and oxygen atoms in total. The van der Waals surface area contributed by atoms with Crippen LogP contribution in [0.1, 0.15) is 22.2 Å². The van der Waals surface area contributed by atoms with E-state index in [-0.39, 0.29) is 0 Å². The number of thiophene rings is 2. The Morgan fingerprint density at radius 1 is 1.40 bits per heavy atom. The molecule has 78 valence electrons. The van der Waals surface area contributed by atoms with Gasteiger partial charge in [0.1, 0.15) is 0 Å².